The third kappa shape index (κ3) is 3.53. The van der Waals surface area contributed by atoms with Gasteiger partial charge in [0.05, 0.1) is 20.0 Å². The summed E-state index contributed by atoms with van der Waals surface area (Å²) in [4.78, 5) is 32.7. The van der Waals surface area contributed by atoms with Crippen molar-refractivity contribution in [3.8, 4) is 0 Å². The lowest BCUT2D eigenvalue weighted by atomic mass is 9.95. The molecule has 0 bridgehead atoms. The highest BCUT2D eigenvalue weighted by molar-refractivity contribution is 6.81. The van der Waals surface area contributed by atoms with Gasteiger partial charge in [-0.1, -0.05) is 19.6 Å². The fraction of sp³-hybridized carbons (Fsp3) is 0.667. The molecule has 17 heavy (non-hydrogen) atoms. The largest absolute Gasteiger partial charge is 0.481 e. The number of aliphatic hydroxyl groups is 1. The summed E-state index contributed by atoms with van der Waals surface area (Å²) in [7, 11) is -2.61. The normalized spacial score (nSPS) is 16.9. The third-order valence-corrected chi connectivity index (χ3v) is 4.84. The lowest BCUT2D eigenvalue weighted by Gasteiger charge is -2.35. The van der Waals surface area contributed by atoms with Gasteiger partial charge in [0.25, 0.3) is 0 Å². The molecule has 8 heteroatoms. The lowest BCUT2D eigenvalue weighted by Crippen LogP contribution is -2.55. The van der Waals surface area contributed by atoms with E-state index in [0.29, 0.717) is 0 Å². The van der Waals surface area contributed by atoms with Crippen LogP contribution >= 0.6 is 0 Å². The van der Waals surface area contributed by atoms with Crippen LogP contribution in [-0.2, 0) is 14.4 Å². The van der Waals surface area contributed by atoms with Crippen molar-refractivity contribution in [2.45, 2.75) is 37.2 Å². The van der Waals surface area contributed by atoms with Crippen LogP contribution in [0.5, 0.6) is 0 Å². The molecule has 0 aliphatic heterocycles. The Kier molecular flexibility index (Phi) is 4.44. The van der Waals surface area contributed by atoms with Crippen LogP contribution in [0.15, 0.2) is 0 Å². The number of carboxylic acid groups (broad SMARTS) is 3. The second kappa shape index (κ2) is 4.84. The van der Waals surface area contributed by atoms with Gasteiger partial charge in [0.2, 0.25) is 0 Å². The van der Waals surface area contributed by atoms with Crippen LogP contribution in [0, 0.1) is 0 Å². The fourth-order valence-corrected chi connectivity index (χ4v) is 4.22. The van der Waals surface area contributed by atoms with Crippen LogP contribution < -0.4 is 0 Å². The minimum atomic E-state index is -2.78. The van der Waals surface area contributed by atoms with E-state index in [1.807, 2.05) is 0 Å². The quantitative estimate of drug-likeness (QED) is 0.499. The van der Waals surface area contributed by atoms with E-state index in [4.69, 9.17) is 15.3 Å². The minimum absolute atomic E-state index is 1.14. The maximum atomic E-state index is 11.1. The van der Waals surface area contributed by atoms with Gasteiger partial charge in [-0.25, -0.2) is 4.79 Å². The topological polar surface area (TPSA) is 132 Å². The fourth-order valence-electron chi connectivity index (χ4n) is 1.82. The van der Waals surface area contributed by atoms with Crippen molar-refractivity contribution >= 4 is 26.0 Å². The number of rotatable bonds is 6. The van der Waals surface area contributed by atoms with Crippen molar-refractivity contribution in [1.29, 1.82) is 0 Å². The van der Waals surface area contributed by atoms with Crippen LogP contribution in [0.3, 0.4) is 0 Å². The first-order valence-corrected chi connectivity index (χ1v) is 8.41. The summed E-state index contributed by atoms with van der Waals surface area (Å²) >= 11 is 0. The van der Waals surface area contributed by atoms with Crippen LogP contribution in [0.4, 0.5) is 0 Å². The van der Waals surface area contributed by atoms with E-state index >= 15 is 0 Å². The molecule has 4 N–H and O–H groups in total. The molecule has 0 spiro atoms. The van der Waals surface area contributed by atoms with E-state index in [0.717, 1.165) is 0 Å². The average Bonchev–Trinajstić information content (AvgIpc) is 1.96. The number of carbonyl (C=O) groups is 3. The molecule has 0 aromatic carbocycles. The first-order chi connectivity index (χ1) is 7.43. The molecule has 2 atom stereocenters. The second-order valence-electron chi connectivity index (χ2n) is 4.94. The number of carboxylic acids is 3. The minimum Gasteiger partial charge on any atom is -0.481 e. The maximum Gasteiger partial charge on any atom is 0.336 e. The van der Waals surface area contributed by atoms with E-state index in [-0.39, 0.29) is 0 Å². The SMILES string of the molecule is C[Si](C)(C)C(C(=O)O)C(O)(CC(=O)O)C(=O)O. The first-order valence-electron chi connectivity index (χ1n) is 4.83. The number of hydrogen-bond donors (Lipinski definition) is 4. The Bertz CT molecular complexity index is 346. The summed E-state index contributed by atoms with van der Waals surface area (Å²) in [6.45, 7) is 4.67. The van der Waals surface area contributed by atoms with E-state index in [2.05, 4.69) is 0 Å². The summed E-state index contributed by atoms with van der Waals surface area (Å²) in [5, 5.41) is 36.4. The zero-order valence-corrected chi connectivity index (χ0v) is 10.8. The molecule has 7 nitrogen and oxygen atoms in total. The van der Waals surface area contributed by atoms with Crippen LogP contribution in [0.1, 0.15) is 6.42 Å². The monoisotopic (exact) mass is 264 g/mol. The number of hydrogen-bond acceptors (Lipinski definition) is 4. The van der Waals surface area contributed by atoms with Crippen LogP contribution in [0.2, 0.25) is 25.2 Å². The molecule has 0 aromatic rings. The van der Waals surface area contributed by atoms with Gasteiger partial charge in [0, 0.05) is 0 Å². The molecule has 0 aliphatic rings. The highest BCUT2D eigenvalue weighted by Crippen LogP contribution is 2.36. The van der Waals surface area contributed by atoms with Crippen molar-refractivity contribution in [3.63, 3.8) is 0 Å². The van der Waals surface area contributed by atoms with Gasteiger partial charge < -0.3 is 20.4 Å². The Balaban J connectivity index is 5.63. The lowest BCUT2D eigenvalue weighted by molar-refractivity contribution is -0.170. The summed E-state index contributed by atoms with van der Waals surface area (Å²) in [5.74, 6) is -4.87. The van der Waals surface area contributed by atoms with Crippen LogP contribution in [0.25, 0.3) is 0 Å². The molecule has 0 radical (unpaired) electrons. The van der Waals surface area contributed by atoms with E-state index < -0.39 is 43.5 Å². The molecular formula is C9H16O7Si. The predicted molar refractivity (Wildman–Crippen MR) is 59.6 cm³/mol. The van der Waals surface area contributed by atoms with Crippen molar-refractivity contribution in [3.05, 3.63) is 0 Å². The summed E-state index contributed by atoms with van der Waals surface area (Å²) in [5.41, 5.74) is -4.37. The second-order valence-corrected chi connectivity index (χ2v) is 10.2. The molecule has 0 heterocycles. The smallest absolute Gasteiger partial charge is 0.336 e. The Hall–Kier alpha value is -1.41. The van der Waals surface area contributed by atoms with Gasteiger partial charge in [-0.15, -0.1) is 0 Å². The van der Waals surface area contributed by atoms with Gasteiger partial charge in [0.1, 0.15) is 0 Å². The Morgan fingerprint density at radius 2 is 1.53 bits per heavy atom. The zero-order valence-electron chi connectivity index (χ0n) is 9.80. The summed E-state index contributed by atoms with van der Waals surface area (Å²) in [6, 6.07) is 0. The summed E-state index contributed by atoms with van der Waals surface area (Å²) < 4.78 is 0. The zero-order chi connectivity index (χ0) is 14.0. The molecule has 0 saturated heterocycles. The first kappa shape index (κ1) is 15.6. The molecule has 0 rings (SSSR count). The maximum absolute atomic E-state index is 11.1. The highest BCUT2D eigenvalue weighted by atomic mass is 28.3. The predicted octanol–water partition coefficient (Wildman–Crippen LogP) is 0.0698. The Labute approximate surface area is 98.7 Å². The van der Waals surface area contributed by atoms with E-state index in [9.17, 15) is 19.5 Å². The van der Waals surface area contributed by atoms with Crippen molar-refractivity contribution in [2.24, 2.45) is 0 Å². The molecule has 0 aromatic heterocycles. The highest BCUT2D eigenvalue weighted by Gasteiger charge is 2.55. The van der Waals surface area contributed by atoms with Gasteiger partial charge in [-0.2, -0.15) is 0 Å². The van der Waals surface area contributed by atoms with Crippen molar-refractivity contribution in [2.75, 3.05) is 0 Å². The van der Waals surface area contributed by atoms with Crippen LogP contribution in [-0.4, -0.2) is 52.0 Å². The molecule has 0 fully saturated rings. The molecule has 0 saturated carbocycles. The molecular weight excluding hydrogens is 248 g/mol. The van der Waals surface area contributed by atoms with Crippen molar-refractivity contribution in [1.82, 2.24) is 0 Å². The Morgan fingerprint density at radius 3 is 1.71 bits per heavy atom. The molecule has 98 valence electrons. The standard InChI is InChI=1S/C9H16O7Si/c1-17(2,3)6(7(12)13)9(16,8(14)15)4-5(10)11/h6,16H,4H2,1-3H3,(H,10,11)(H,12,13)(H,14,15). The van der Waals surface area contributed by atoms with Gasteiger partial charge in [0.15, 0.2) is 5.60 Å². The Morgan fingerprint density at radius 1 is 1.12 bits per heavy atom. The molecule has 2 unspecified atom stereocenters. The number of aliphatic carboxylic acids is 3. The third-order valence-electron chi connectivity index (χ3n) is 2.38. The van der Waals surface area contributed by atoms with Gasteiger partial charge >= 0.3 is 17.9 Å². The molecule has 0 amide bonds. The van der Waals surface area contributed by atoms with Gasteiger partial charge in [-0.05, 0) is 0 Å². The average molecular weight is 264 g/mol. The van der Waals surface area contributed by atoms with E-state index in [1.54, 1.807) is 19.6 Å². The van der Waals surface area contributed by atoms with E-state index in [1.165, 1.54) is 0 Å². The summed E-state index contributed by atoms with van der Waals surface area (Å²) in [6.07, 6.45) is -1.14. The van der Waals surface area contributed by atoms with Gasteiger partial charge in [-0.3, -0.25) is 9.59 Å². The molecule has 0 aliphatic carbocycles. The van der Waals surface area contributed by atoms with Crippen molar-refractivity contribution < 1.29 is 34.8 Å².